The van der Waals surface area contributed by atoms with Crippen LogP contribution in [0.1, 0.15) is 11.6 Å². The molecule has 1 unspecified atom stereocenters. The Kier molecular flexibility index (Phi) is 1.87. The maximum atomic E-state index is 10.5. The minimum Gasteiger partial charge on any atom is -0.464 e. The molecule has 13 heavy (non-hydrogen) atoms. The lowest BCUT2D eigenvalue weighted by molar-refractivity contribution is -0.109. The summed E-state index contributed by atoms with van der Waals surface area (Å²) in [5.41, 5.74) is 7.08. The molecule has 0 radical (unpaired) electrons. The van der Waals surface area contributed by atoms with Gasteiger partial charge in [-0.1, -0.05) is 18.2 Å². The van der Waals surface area contributed by atoms with E-state index in [1.165, 1.54) is 6.26 Å². The van der Waals surface area contributed by atoms with Crippen LogP contribution in [0.4, 0.5) is 0 Å². The van der Waals surface area contributed by atoms with E-state index in [2.05, 4.69) is 0 Å². The number of carbonyl (C=O) groups excluding carboxylic acids is 1. The van der Waals surface area contributed by atoms with E-state index in [4.69, 9.17) is 10.2 Å². The van der Waals surface area contributed by atoms with E-state index in [0.717, 1.165) is 16.5 Å². The van der Waals surface area contributed by atoms with Crippen molar-refractivity contribution in [3.05, 3.63) is 36.1 Å². The van der Waals surface area contributed by atoms with Crippen molar-refractivity contribution in [3.8, 4) is 0 Å². The van der Waals surface area contributed by atoms with Crippen LogP contribution in [0.2, 0.25) is 0 Å². The molecule has 1 atom stereocenters. The first-order valence-electron chi connectivity index (χ1n) is 4.00. The summed E-state index contributed by atoms with van der Waals surface area (Å²) in [6.45, 7) is 0. The Bertz CT molecular complexity index is 433. The zero-order valence-corrected chi connectivity index (χ0v) is 6.94. The van der Waals surface area contributed by atoms with E-state index in [1.807, 2.05) is 24.3 Å². The smallest absolute Gasteiger partial charge is 0.141 e. The molecule has 0 fully saturated rings. The summed E-state index contributed by atoms with van der Waals surface area (Å²) in [6.07, 6.45) is 2.24. The molecule has 1 heterocycles. The average molecular weight is 175 g/mol. The Morgan fingerprint density at radius 3 is 2.92 bits per heavy atom. The lowest BCUT2D eigenvalue weighted by Gasteiger charge is -1.98. The number of rotatable bonds is 2. The molecular weight excluding hydrogens is 166 g/mol. The molecule has 0 aliphatic heterocycles. The van der Waals surface area contributed by atoms with Crippen LogP contribution in [0.15, 0.2) is 34.9 Å². The number of hydrogen-bond acceptors (Lipinski definition) is 3. The van der Waals surface area contributed by atoms with Gasteiger partial charge in [0.1, 0.15) is 11.9 Å². The number of carbonyl (C=O) groups is 1. The SMILES string of the molecule is NC(C=O)c1coc2ccccc12. The van der Waals surface area contributed by atoms with E-state index >= 15 is 0 Å². The Morgan fingerprint density at radius 2 is 2.15 bits per heavy atom. The fourth-order valence-corrected chi connectivity index (χ4v) is 1.33. The quantitative estimate of drug-likeness (QED) is 0.706. The van der Waals surface area contributed by atoms with Crippen LogP contribution in [-0.4, -0.2) is 6.29 Å². The number of nitrogens with two attached hydrogens (primary N) is 1. The van der Waals surface area contributed by atoms with Crippen LogP contribution >= 0.6 is 0 Å². The molecule has 3 heteroatoms. The van der Waals surface area contributed by atoms with Gasteiger partial charge >= 0.3 is 0 Å². The first kappa shape index (κ1) is 8.01. The lowest BCUT2D eigenvalue weighted by atomic mass is 10.1. The van der Waals surface area contributed by atoms with Crippen molar-refractivity contribution in [2.75, 3.05) is 0 Å². The summed E-state index contributed by atoms with van der Waals surface area (Å²) in [6, 6.07) is 6.90. The molecule has 2 N–H and O–H groups in total. The maximum absolute atomic E-state index is 10.5. The Balaban J connectivity index is 2.64. The molecular formula is C10H9NO2. The number of para-hydroxylation sites is 1. The lowest BCUT2D eigenvalue weighted by Crippen LogP contribution is -2.10. The molecule has 2 rings (SSSR count). The Hall–Kier alpha value is -1.61. The predicted molar refractivity (Wildman–Crippen MR) is 49.2 cm³/mol. The predicted octanol–water partition coefficient (Wildman–Crippen LogP) is 1.63. The minimum atomic E-state index is -0.594. The molecule has 0 amide bonds. The molecule has 0 saturated carbocycles. The first-order chi connectivity index (χ1) is 6.33. The second-order valence-corrected chi connectivity index (χ2v) is 2.85. The van der Waals surface area contributed by atoms with Crippen molar-refractivity contribution in [1.82, 2.24) is 0 Å². The fraction of sp³-hybridized carbons (Fsp3) is 0.100. The summed E-state index contributed by atoms with van der Waals surface area (Å²) in [7, 11) is 0. The van der Waals surface area contributed by atoms with Crippen LogP contribution < -0.4 is 5.73 Å². The van der Waals surface area contributed by atoms with Crippen molar-refractivity contribution >= 4 is 17.3 Å². The van der Waals surface area contributed by atoms with Crippen LogP contribution in [0.3, 0.4) is 0 Å². The number of fused-ring (bicyclic) bond motifs is 1. The third-order valence-corrected chi connectivity index (χ3v) is 2.02. The summed E-state index contributed by atoms with van der Waals surface area (Å²) in [5, 5.41) is 0.905. The van der Waals surface area contributed by atoms with Gasteiger partial charge in [0, 0.05) is 10.9 Å². The van der Waals surface area contributed by atoms with Gasteiger partial charge in [0.05, 0.1) is 12.3 Å². The minimum absolute atomic E-state index is 0.594. The number of benzene rings is 1. The third-order valence-electron chi connectivity index (χ3n) is 2.02. The Labute approximate surface area is 75.1 Å². The number of hydrogen-bond donors (Lipinski definition) is 1. The molecule has 0 spiro atoms. The standard InChI is InChI=1S/C10H9NO2/c11-9(5-12)8-6-13-10-4-2-1-3-7(8)10/h1-6,9H,11H2. The highest BCUT2D eigenvalue weighted by Gasteiger charge is 2.11. The first-order valence-corrected chi connectivity index (χ1v) is 4.00. The molecule has 3 nitrogen and oxygen atoms in total. The van der Waals surface area contributed by atoms with Gasteiger partial charge in [0.2, 0.25) is 0 Å². The fourth-order valence-electron chi connectivity index (χ4n) is 1.33. The van der Waals surface area contributed by atoms with Crippen LogP contribution in [0.25, 0.3) is 11.0 Å². The van der Waals surface area contributed by atoms with Gasteiger partial charge in [-0.25, -0.2) is 0 Å². The zero-order valence-electron chi connectivity index (χ0n) is 6.94. The molecule has 0 saturated heterocycles. The normalized spacial score (nSPS) is 13.0. The highest BCUT2D eigenvalue weighted by Crippen LogP contribution is 2.23. The molecule has 66 valence electrons. The largest absolute Gasteiger partial charge is 0.464 e. The molecule has 1 aromatic carbocycles. The van der Waals surface area contributed by atoms with Crippen molar-refractivity contribution < 1.29 is 9.21 Å². The summed E-state index contributed by atoms with van der Waals surface area (Å²) in [4.78, 5) is 10.5. The van der Waals surface area contributed by atoms with E-state index in [0.29, 0.717) is 6.29 Å². The van der Waals surface area contributed by atoms with Gasteiger partial charge in [0.25, 0.3) is 0 Å². The molecule has 0 aliphatic rings. The highest BCUT2D eigenvalue weighted by molar-refractivity contribution is 5.84. The Morgan fingerprint density at radius 1 is 1.38 bits per heavy atom. The van der Waals surface area contributed by atoms with Crippen LogP contribution in [-0.2, 0) is 4.79 Å². The van der Waals surface area contributed by atoms with Gasteiger partial charge in [-0.05, 0) is 6.07 Å². The summed E-state index contributed by atoms with van der Waals surface area (Å²) < 4.78 is 5.23. The van der Waals surface area contributed by atoms with Gasteiger partial charge in [-0.15, -0.1) is 0 Å². The second-order valence-electron chi connectivity index (χ2n) is 2.85. The van der Waals surface area contributed by atoms with E-state index in [1.54, 1.807) is 0 Å². The number of aldehydes is 1. The zero-order chi connectivity index (χ0) is 9.26. The highest BCUT2D eigenvalue weighted by atomic mass is 16.3. The topological polar surface area (TPSA) is 56.2 Å². The molecule has 0 bridgehead atoms. The summed E-state index contributed by atoms with van der Waals surface area (Å²) in [5.74, 6) is 0. The third kappa shape index (κ3) is 1.23. The van der Waals surface area contributed by atoms with Crippen molar-refractivity contribution in [2.24, 2.45) is 5.73 Å². The van der Waals surface area contributed by atoms with E-state index in [-0.39, 0.29) is 0 Å². The monoisotopic (exact) mass is 175 g/mol. The average Bonchev–Trinajstić information content (AvgIpc) is 2.60. The van der Waals surface area contributed by atoms with Crippen molar-refractivity contribution in [3.63, 3.8) is 0 Å². The number of furan rings is 1. The van der Waals surface area contributed by atoms with Crippen molar-refractivity contribution in [2.45, 2.75) is 6.04 Å². The van der Waals surface area contributed by atoms with Crippen LogP contribution in [0.5, 0.6) is 0 Å². The maximum Gasteiger partial charge on any atom is 0.141 e. The van der Waals surface area contributed by atoms with Gasteiger partial charge in [-0.2, -0.15) is 0 Å². The van der Waals surface area contributed by atoms with Gasteiger partial charge in [0.15, 0.2) is 0 Å². The van der Waals surface area contributed by atoms with Gasteiger partial charge in [-0.3, -0.25) is 0 Å². The van der Waals surface area contributed by atoms with Gasteiger partial charge < -0.3 is 14.9 Å². The molecule has 0 aliphatic carbocycles. The second kappa shape index (κ2) is 3.03. The van der Waals surface area contributed by atoms with Crippen LogP contribution in [0, 0.1) is 0 Å². The summed E-state index contributed by atoms with van der Waals surface area (Å²) >= 11 is 0. The molecule has 2 aromatic rings. The molecule has 1 aromatic heterocycles. The van der Waals surface area contributed by atoms with E-state index in [9.17, 15) is 4.79 Å². The van der Waals surface area contributed by atoms with Crippen molar-refractivity contribution in [1.29, 1.82) is 0 Å². The van der Waals surface area contributed by atoms with E-state index < -0.39 is 6.04 Å².